The van der Waals surface area contributed by atoms with Gasteiger partial charge < -0.3 is 4.42 Å². The van der Waals surface area contributed by atoms with Crippen molar-refractivity contribution < 1.29 is 4.42 Å². The molecule has 0 aliphatic heterocycles. The maximum Gasteiger partial charge on any atom is 0.264 e. The molecule has 10 heavy (non-hydrogen) atoms. The first-order valence-corrected chi connectivity index (χ1v) is 4.14. The zero-order chi connectivity index (χ0) is 7.56. The molecule has 1 unspecified atom stereocenters. The summed E-state index contributed by atoms with van der Waals surface area (Å²) < 4.78 is 4.99. The molecule has 0 fully saturated rings. The van der Waals surface area contributed by atoms with Gasteiger partial charge in [-0.1, -0.05) is 13.8 Å². The van der Waals surface area contributed by atoms with Crippen molar-refractivity contribution in [2.75, 3.05) is 0 Å². The van der Waals surface area contributed by atoms with Crippen LogP contribution in [0.5, 0.6) is 0 Å². The molecular formula is C7H10BrNO. The Morgan fingerprint density at radius 2 is 2.50 bits per heavy atom. The number of halogens is 1. The summed E-state index contributed by atoms with van der Waals surface area (Å²) in [6.45, 7) is 4.26. The lowest BCUT2D eigenvalue weighted by Gasteiger charge is -1.99. The molecular weight excluding hydrogens is 194 g/mol. The van der Waals surface area contributed by atoms with Crippen molar-refractivity contribution >= 4 is 15.9 Å². The zero-order valence-corrected chi connectivity index (χ0v) is 7.68. The summed E-state index contributed by atoms with van der Waals surface area (Å²) in [5.41, 5.74) is 1.02. The van der Waals surface area contributed by atoms with Crippen molar-refractivity contribution in [2.24, 2.45) is 0 Å². The fourth-order valence-electron chi connectivity index (χ4n) is 0.699. The van der Waals surface area contributed by atoms with Crippen LogP contribution in [0.3, 0.4) is 0 Å². The quantitative estimate of drug-likeness (QED) is 0.740. The van der Waals surface area contributed by atoms with Gasteiger partial charge in [0.2, 0.25) is 0 Å². The summed E-state index contributed by atoms with van der Waals surface area (Å²) in [5, 5.41) is 0. The smallest absolute Gasteiger partial charge is 0.264 e. The fraction of sp³-hybridized carbons (Fsp3) is 0.571. The van der Waals surface area contributed by atoms with Gasteiger partial charge in [-0.05, 0) is 6.42 Å². The topological polar surface area (TPSA) is 26.0 Å². The first kappa shape index (κ1) is 7.79. The monoisotopic (exact) mass is 203 g/mol. The number of hydrogen-bond acceptors (Lipinski definition) is 2. The van der Waals surface area contributed by atoms with Crippen LogP contribution in [0.25, 0.3) is 0 Å². The van der Waals surface area contributed by atoms with Crippen molar-refractivity contribution in [3.05, 3.63) is 16.8 Å². The lowest BCUT2D eigenvalue weighted by Crippen LogP contribution is -1.89. The number of rotatable bonds is 2. The van der Waals surface area contributed by atoms with E-state index in [2.05, 4.69) is 34.8 Å². The van der Waals surface area contributed by atoms with Crippen LogP contribution in [0.4, 0.5) is 0 Å². The Morgan fingerprint density at radius 3 is 2.90 bits per heavy atom. The summed E-state index contributed by atoms with van der Waals surface area (Å²) in [6, 6.07) is 0. The number of hydrogen-bond donors (Lipinski definition) is 0. The summed E-state index contributed by atoms with van der Waals surface area (Å²) in [4.78, 5) is 4.70. The highest BCUT2D eigenvalue weighted by atomic mass is 79.9. The average molecular weight is 204 g/mol. The number of oxazole rings is 1. The summed E-state index contributed by atoms with van der Waals surface area (Å²) >= 11 is 3.15. The van der Waals surface area contributed by atoms with Gasteiger partial charge in [-0.3, -0.25) is 0 Å². The molecule has 2 nitrogen and oxygen atoms in total. The molecule has 3 heteroatoms. The minimum Gasteiger partial charge on any atom is -0.439 e. The van der Waals surface area contributed by atoms with E-state index in [-0.39, 0.29) is 0 Å². The third kappa shape index (κ3) is 1.59. The molecule has 1 aromatic rings. The SMILES string of the molecule is CCC(C)c1coc(Br)n1. The molecule has 1 aromatic heterocycles. The Labute approximate surface area is 68.8 Å². The molecule has 0 bridgehead atoms. The van der Waals surface area contributed by atoms with Gasteiger partial charge in [0.1, 0.15) is 6.26 Å². The van der Waals surface area contributed by atoms with Crippen LogP contribution in [-0.2, 0) is 0 Å². The van der Waals surface area contributed by atoms with E-state index in [9.17, 15) is 0 Å². The van der Waals surface area contributed by atoms with Gasteiger partial charge >= 0.3 is 0 Å². The van der Waals surface area contributed by atoms with Crippen LogP contribution in [-0.4, -0.2) is 4.98 Å². The molecule has 0 saturated heterocycles. The molecule has 1 rings (SSSR count). The predicted octanol–water partition coefficient (Wildman–Crippen LogP) is 2.95. The second kappa shape index (κ2) is 3.19. The summed E-state index contributed by atoms with van der Waals surface area (Å²) in [6.07, 6.45) is 2.79. The van der Waals surface area contributed by atoms with Crippen LogP contribution < -0.4 is 0 Å². The largest absolute Gasteiger partial charge is 0.439 e. The van der Waals surface area contributed by atoms with Gasteiger partial charge in [0.15, 0.2) is 0 Å². The van der Waals surface area contributed by atoms with Crippen molar-refractivity contribution in [1.29, 1.82) is 0 Å². The Balaban J connectivity index is 2.74. The highest BCUT2D eigenvalue weighted by Gasteiger charge is 2.06. The van der Waals surface area contributed by atoms with Crippen molar-refractivity contribution in [3.63, 3.8) is 0 Å². The molecule has 1 heterocycles. The molecule has 0 radical (unpaired) electrons. The van der Waals surface area contributed by atoms with Gasteiger partial charge in [0.05, 0.1) is 5.69 Å². The highest BCUT2D eigenvalue weighted by Crippen LogP contribution is 2.19. The third-order valence-electron chi connectivity index (χ3n) is 1.61. The van der Waals surface area contributed by atoms with Crippen molar-refractivity contribution in [1.82, 2.24) is 4.98 Å². The van der Waals surface area contributed by atoms with E-state index < -0.39 is 0 Å². The zero-order valence-electron chi connectivity index (χ0n) is 6.10. The van der Waals surface area contributed by atoms with Gasteiger partial charge in [-0.25, -0.2) is 4.98 Å². The van der Waals surface area contributed by atoms with E-state index in [1.165, 1.54) is 0 Å². The Hall–Kier alpha value is -0.310. The van der Waals surface area contributed by atoms with E-state index in [0.717, 1.165) is 12.1 Å². The normalized spacial score (nSPS) is 13.5. The maximum absolute atomic E-state index is 4.99. The molecule has 0 aliphatic carbocycles. The first-order chi connectivity index (χ1) is 4.74. The van der Waals surface area contributed by atoms with Crippen LogP contribution >= 0.6 is 15.9 Å². The van der Waals surface area contributed by atoms with Crippen LogP contribution in [0.15, 0.2) is 15.5 Å². The Morgan fingerprint density at radius 1 is 1.80 bits per heavy atom. The predicted molar refractivity (Wildman–Crippen MR) is 42.9 cm³/mol. The Bertz CT molecular complexity index is 209. The second-order valence-corrected chi connectivity index (χ2v) is 3.01. The maximum atomic E-state index is 4.99. The first-order valence-electron chi connectivity index (χ1n) is 3.35. The highest BCUT2D eigenvalue weighted by molar-refractivity contribution is 9.10. The van der Waals surface area contributed by atoms with Crippen molar-refractivity contribution in [2.45, 2.75) is 26.2 Å². The summed E-state index contributed by atoms with van der Waals surface area (Å²) in [7, 11) is 0. The molecule has 0 aromatic carbocycles. The molecule has 1 atom stereocenters. The lowest BCUT2D eigenvalue weighted by molar-refractivity contribution is 0.526. The lowest BCUT2D eigenvalue weighted by atomic mass is 10.1. The van der Waals surface area contributed by atoms with E-state index in [1.54, 1.807) is 6.26 Å². The van der Waals surface area contributed by atoms with Gasteiger partial charge in [0, 0.05) is 21.8 Å². The summed E-state index contributed by atoms with van der Waals surface area (Å²) in [5.74, 6) is 0.495. The molecule has 0 amide bonds. The third-order valence-corrected chi connectivity index (χ3v) is 1.98. The molecule has 56 valence electrons. The Kier molecular flexibility index (Phi) is 2.49. The van der Waals surface area contributed by atoms with Gasteiger partial charge in [-0.15, -0.1) is 0 Å². The molecule has 0 saturated carbocycles. The fourth-order valence-corrected chi connectivity index (χ4v) is 0.997. The molecule has 0 spiro atoms. The molecule has 0 aliphatic rings. The minimum atomic E-state index is 0.495. The van der Waals surface area contributed by atoms with E-state index in [0.29, 0.717) is 10.7 Å². The minimum absolute atomic E-state index is 0.495. The van der Waals surface area contributed by atoms with Gasteiger partial charge in [-0.2, -0.15) is 0 Å². The van der Waals surface area contributed by atoms with Crippen LogP contribution in [0.1, 0.15) is 31.9 Å². The average Bonchev–Trinajstić information content (AvgIpc) is 2.34. The van der Waals surface area contributed by atoms with Crippen LogP contribution in [0, 0.1) is 0 Å². The second-order valence-electron chi connectivity index (χ2n) is 2.33. The number of nitrogens with zero attached hydrogens (tertiary/aromatic N) is 1. The van der Waals surface area contributed by atoms with Crippen LogP contribution in [0.2, 0.25) is 0 Å². The van der Waals surface area contributed by atoms with E-state index >= 15 is 0 Å². The molecule has 0 N–H and O–H groups in total. The number of aromatic nitrogens is 1. The van der Waals surface area contributed by atoms with Gasteiger partial charge in [0.25, 0.3) is 4.80 Å². The van der Waals surface area contributed by atoms with Crippen molar-refractivity contribution in [3.8, 4) is 0 Å². The standard InChI is InChI=1S/C7H10BrNO/c1-3-5(2)6-4-10-7(8)9-6/h4-5H,3H2,1-2H3. The van der Waals surface area contributed by atoms with E-state index in [1.807, 2.05) is 0 Å². The van der Waals surface area contributed by atoms with E-state index in [4.69, 9.17) is 4.42 Å².